The first-order chi connectivity index (χ1) is 7.09. The van der Waals surface area contributed by atoms with Crippen molar-refractivity contribution in [2.45, 2.75) is 32.7 Å². The van der Waals surface area contributed by atoms with Crippen LogP contribution in [-0.4, -0.2) is 28.9 Å². The Morgan fingerprint density at radius 2 is 1.87 bits per heavy atom. The Kier molecular flexibility index (Phi) is 2.69. The molecule has 0 amide bonds. The van der Waals surface area contributed by atoms with Crippen molar-refractivity contribution in [2.75, 3.05) is 18.0 Å². The van der Waals surface area contributed by atoms with Crippen LogP contribution in [0.3, 0.4) is 0 Å². The molecular weight excluding hydrogens is 188 g/mol. The fourth-order valence-corrected chi connectivity index (χ4v) is 2.34. The molecule has 2 heterocycles. The van der Waals surface area contributed by atoms with E-state index in [1.165, 1.54) is 11.4 Å². The van der Waals surface area contributed by atoms with Gasteiger partial charge in [0.2, 0.25) is 0 Å². The van der Waals surface area contributed by atoms with Crippen LogP contribution >= 0.6 is 0 Å². The molecule has 0 unspecified atom stereocenters. The van der Waals surface area contributed by atoms with E-state index in [1.54, 1.807) is 0 Å². The molecule has 1 fully saturated rings. The van der Waals surface area contributed by atoms with Crippen molar-refractivity contribution < 1.29 is 0 Å². The highest BCUT2D eigenvalue weighted by Gasteiger charge is 2.21. The van der Waals surface area contributed by atoms with Gasteiger partial charge in [0.15, 0.2) is 0 Å². The molecule has 0 saturated carbocycles. The van der Waals surface area contributed by atoms with E-state index in [0.717, 1.165) is 31.6 Å². The van der Waals surface area contributed by atoms with Gasteiger partial charge in [-0.15, -0.1) is 0 Å². The van der Waals surface area contributed by atoms with Gasteiger partial charge in [-0.2, -0.15) is 5.10 Å². The molecule has 2 N–H and O–H groups in total. The average molecular weight is 208 g/mol. The first-order valence-corrected chi connectivity index (χ1v) is 5.60. The molecule has 0 spiro atoms. The molecule has 0 radical (unpaired) electrons. The summed E-state index contributed by atoms with van der Waals surface area (Å²) >= 11 is 0. The number of aryl methyl sites for hydroxylation is 2. The van der Waals surface area contributed by atoms with Gasteiger partial charge in [-0.1, -0.05) is 0 Å². The minimum Gasteiger partial charge on any atom is -0.368 e. The maximum absolute atomic E-state index is 5.91. The predicted octanol–water partition coefficient (Wildman–Crippen LogP) is 0.964. The molecule has 1 saturated heterocycles. The zero-order valence-electron chi connectivity index (χ0n) is 9.82. The van der Waals surface area contributed by atoms with Gasteiger partial charge in [-0.25, -0.2) is 0 Å². The van der Waals surface area contributed by atoms with Gasteiger partial charge in [0.1, 0.15) is 0 Å². The minimum absolute atomic E-state index is 0.388. The van der Waals surface area contributed by atoms with Gasteiger partial charge in [0.25, 0.3) is 0 Å². The van der Waals surface area contributed by atoms with Crippen LogP contribution in [0, 0.1) is 13.8 Å². The summed E-state index contributed by atoms with van der Waals surface area (Å²) in [6.45, 7) is 6.34. The SMILES string of the molecule is Cc1nn(C)c(C)c1N1CCC(N)CC1. The molecule has 1 aromatic heterocycles. The largest absolute Gasteiger partial charge is 0.368 e. The van der Waals surface area contributed by atoms with E-state index in [-0.39, 0.29) is 0 Å². The normalized spacial score (nSPS) is 18.5. The molecular formula is C11H20N4. The van der Waals surface area contributed by atoms with E-state index in [0.29, 0.717) is 6.04 Å². The number of rotatable bonds is 1. The fourth-order valence-electron chi connectivity index (χ4n) is 2.34. The summed E-state index contributed by atoms with van der Waals surface area (Å²) in [5, 5.41) is 4.45. The van der Waals surface area contributed by atoms with Crippen LogP contribution in [0.25, 0.3) is 0 Å². The Morgan fingerprint density at radius 1 is 1.27 bits per heavy atom. The summed E-state index contributed by atoms with van der Waals surface area (Å²) in [5.41, 5.74) is 9.60. The van der Waals surface area contributed by atoms with E-state index in [1.807, 2.05) is 11.7 Å². The maximum atomic E-state index is 5.91. The molecule has 2 rings (SSSR count). The molecule has 4 heteroatoms. The van der Waals surface area contributed by atoms with Crippen LogP contribution in [0.2, 0.25) is 0 Å². The summed E-state index contributed by atoms with van der Waals surface area (Å²) in [4.78, 5) is 2.42. The van der Waals surface area contributed by atoms with Crippen molar-refractivity contribution in [1.82, 2.24) is 9.78 Å². The third-order valence-electron chi connectivity index (χ3n) is 3.33. The van der Waals surface area contributed by atoms with Gasteiger partial charge < -0.3 is 10.6 Å². The van der Waals surface area contributed by atoms with Gasteiger partial charge in [0.05, 0.1) is 17.1 Å². The Morgan fingerprint density at radius 3 is 2.33 bits per heavy atom. The van der Waals surface area contributed by atoms with Crippen LogP contribution in [0.4, 0.5) is 5.69 Å². The molecule has 0 bridgehead atoms. The van der Waals surface area contributed by atoms with E-state index >= 15 is 0 Å². The van der Waals surface area contributed by atoms with Crippen molar-refractivity contribution in [1.29, 1.82) is 0 Å². The summed E-state index contributed by atoms with van der Waals surface area (Å²) in [6, 6.07) is 0.388. The standard InChI is InChI=1S/C11H20N4/c1-8-11(9(2)14(3)13-8)15-6-4-10(12)5-7-15/h10H,4-7,12H2,1-3H3. The Hall–Kier alpha value is -1.03. The van der Waals surface area contributed by atoms with Gasteiger partial charge in [-0.05, 0) is 26.7 Å². The van der Waals surface area contributed by atoms with Crippen molar-refractivity contribution in [3.63, 3.8) is 0 Å². The van der Waals surface area contributed by atoms with Crippen molar-refractivity contribution in [3.8, 4) is 0 Å². The smallest absolute Gasteiger partial charge is 0.0829 e. The molecule has 1 aliphatic rings. The van der Waals surface area contributed by atoms with Crippen LogP contribution in [0.5, 0.6) is 0 Å². The minimum atomic E-state index is 0.388. The second kappa shape index (κ2) is 3.85. The van der Waals surface area contributed by atoms with E-state index in [4.69, 9.17) is 5.73 Å². The number of piperidine rings is 1. The zero-order valence-corrected chi connectivity index (χ0v) is 9.82. The van der Waals surface area contributed by atoms with Crippen molar-refractivity contribution in [2.24, 2.45) is 12.8 Å². The molecule has 1 aliphatic heterocycles. The topological polar surface area (TPSA) is 47.1 Å². The van der Waals surface area contributed by atoms with Gasteiger partial charge >= 0.3 is 0 Å². The van der Waals surface area contributed by atoms with E-state index < -0.39 is 0 Å². The quantitative estimate of drug-likeness (QED) is 0.748. The maximum Gasteiger partial charge on any atom is 0.0829 e. The molecule has 15 heavy (non-hydrogen) atoms. The lowest BCUT2D eigenvalue weighted by molar-refractivity contribution is 0.500. The highest BCUT2D eigenvalue weighted by Crippen LogP contribution is 2.26. The predicted molar refractivity (Wildman–Crippen MR) is 62.1 cm³/mol. The average Bonchev–Trinajstić information content (AvgIpc) is 2.44. The lowest BCUT2D eigenvalue weighted by Gasteiger charge is -2.32. The van der Waals surface area contributed by atoms with E-state index in [2.05, 4.69) is 23.8 Å². The van der Waals surface area contributed by atoms with Crippen LogP contribution in [0.1, 0.15) is 24.2 Å². The molecule has 84 valence electrons. The van der Waals surface area contributed by atoms with Crippen LogP contribution in [0.15, 0.2) is 0 Å². The van der Waals surface area contributed by atoms with Crippen molar-refractivity contribution in [3.05, 3.63) is 11.4 Å². The highest BCUT2D eigenvalue weighted by molar-refractivity contribution is 5.55. The Labute approximate surface area is 91.1 Å². The molecule has 1 aromatic rings. The number of nitrogens with zero attached hydrogens (tertiary/aromatic N) is 3. The van der Waals surface area contributed by atoms with Gasteiger partial charge in [0, 0.05) is 26.2 Å². The highest BCUT2D eigenvalue weighted by atomic mass is 15.3. The molecule has 4 nitrogen and oxygen atoms in total. The lowest BCUT2D eigenvalue weighted by Crippen LogP contribution is -2.40. The summed E-state index contributed by atoms with van der Waals surface area (Å²) in [7, 11) is 2.00. The van der Waals surface area contributed by atoms with Gasteiger partial charge in [-0.3, -0.25) is 4.68 Å². The summed E-state index contributed by atoms with van der Waals surface area (Å²) in [6.07, 6.45) is 2.18. The third-order valence-corrected chi connectivity index (χ3v) is 3.33. The molecule has 0 aromatic carbocycles. The number of hydrogen-bond donors (Lipinski definition) is 1. The second-order valence-corrected chi connectivity index (χ2v) is 4.47. The Balaban J connectivity index is 2.22. The van der Waals surface area contributed by atoms with Crippen molar-refractivity contribution >= 4 is 5.69 Å². The zero-order chi connectivity index (χ0) is 11.0. The number of nitrogens with two attached hydrogens (primary N) is 1. The fraction of sp³-hybridized carbons (Fsp3) is 0.727. The first-order valence-electron chi connectivity index (χ1n) is 5.60. The summed E-state index contributed by atoms with van der Waals surface area (Å²) < 4.78 is 1.96. The van der Waals surface area contributed by atoms with E-state index in [9.17, 15) is 0 Å². The first kappa shape index (κ1) is 10.5. The number of hydrogen-bond acceptors (Lipinski definition) is 3. The molecule has 0 atom stereocenters. The monoisotopic (exact) mass is 208 g/mol. The lowest BCUT2D eigenvalue weighted by atomic mass is 10.1. The molecule has 0 aliphatic carbocycles. The number of anilines is 1. The summed E-state index contributed by atoms with van der Waals surface area (Å²) in [5.74, 6) is 0. The number of aromatic nitrogens is 2. The van der Waals surface area contributed by atoms with Crippen LogP contribution in [-0.2, 0) is 7.05 Å². The van der Waals surface area contributed by atoms with Crippen LogP contribution < -0.4 is 10.6 Å². The Bertz CT molecular complexity index is 348. The second-order valence-electron chi connectivity index (χ2n) is 4.47. The third kappa shape index (κ3) is 1.86.